The Morgan fingerprint density at radius 3 is 2.24 bits per heavy atom. The molecular weight excluding hydrogens is 216 g/mol. The first kappa shape index (κ1) is 16.4. The van der Waals surface area contributed by atoms with Crippen LogP contribution in [-0.2, 0) is 14.3 Å². The van der Waals surface area contributed by atoms with Gasteiger partial charge in [-0.15, -0.1) is 0 Å². The van der Waals surface area contributed by atoms with E-state index in [1.165, 1.54) is 6.42 Å². The van der Waals surface area contributed by atoms with E-state index in [1.807, 2.05) is 20.8 Å². The fourth-order valence-electron chi connectivity index (χ4n) is 1.64. The number of ether oxygens (including phenoxy) is 2. The van der Waals surface area contributed by atoms with Gasteiger partial charge in [-0.2, -0.15) is 0 Å². The molecule has 0 rings (SSSR count). The zero-order chi connectivity index (χ0) is 13.5. The Morgan fingerprint density at radius 2 is 1.76 bits per heavy atom. The molecule has 0 spiro atoms. The van der Waals surface area contributed by atoms with Crippen molar-refractivity contribution in [3.8, 4) is 0 Å². The maximum atomic E-state index is 11.4. The SMILES string of the molecule is CCC(C)CC(C)COCC(=O)OC(C)(C)C. The molecule has 0 aromatic rings. The summed E-state index contributed by atoms with van der Waals surface area (Å²) in [5, 5.41) is 0. The summed E-state index contributed by atoms with van der Waals surface area (Å²) >= 11 is 0. The van der Waals surface area contributed by atoms with Gasteiger partial charge in [-0.25, -0.2) is 4.79 Å². The third-order valence-corrected chi connectivity index (χ3v) is 2.54. The zero-order valence-electron chi connectivity index (χ0n) is 12.2. The summed E-state index contributed by atoms with van der Waals surface area (Å²) in [5.41, 5.74) is -0.428. The Labute approximate surface area is 106 Å². The summed E-state index contributed by atoms with van der Waals surface area (Å²) in [4.78, 5) is 11.4. The largest absolute Gasteiger partial charge is 0.458 e. The summed E-state index contributed by atoms with van der Waals surface area (Å²) in [7, 11) is 0. The van der Waals surface area contributed by atoms with Crippen LogP contribution in [0.3, 0.4) is 0 Å². The molecule has 0 aliphatic carbocycles. The molecule has 0 saturated heterocycles. The number of hydrogen-bond donors (Lipinski definition) is 0. The van der Waals surface area contributed by atoms with Crippen molar-refractivity contribution >= 4 is 5.97 Å². The van der Waals surface area contributed by atoms with Crippen LogP contribution in [0.1, 0.15) is 54.4 Å². The van der Waals surface area contributed by atoms with E-state index in [1.54, 1.807) is 0 Å². The molecule has 2 unspecified atom stereocenters. The molecule has 3 heteroatoms. The average molecular weight is 244 g/mol. The molecule has 0 bridgehead atoms. The molecule has 0 heterocycles. The van der Waals surface area contributed by atoms with Crippen molar-refractivity contribution in [3.63, 3.8) is 0 Å². The van der Waals surface area contributed by atoms with Gasteiger partial charge in [0.15, 0.2) is 0 Å². The second kappa shape index (κ2) is 7.70. The van der Waals surface area contributed by atoms with Crippen molar-refractivity contribution in [1.29, 1.82) is 0 Å². The first-order valence-electron chi connectivity index (χ1n) is 6.54. The van der Waals surface area contributed by atoms with Gasteiger partial charge in [0.1, 0.15) is 12.2 Å². The minimum Gasteiger partial charge on any atom is -0.458 e. The monoisotopic (exact) mass is 244 g/mol. The highest BCUT2D eigenvalue weighted by molar-refractivity contribution is 5.71. The van der Waals surface area contributed by atoms with Crippen molar-refractivity contribution in [2.75, 3.05) is 13.2 Å². The molecule has 0 radical (unpaired) electrons. The van der Waals surface area contributed by atoms with Crippen molar-refractivity contribution in [2.24, 2.45) is 11.8 Å². The van der Waals surface area contributed by atoms with Gasteiger partial charge in [-0.1, -0.05) is 27.2 Å². The molecule has 0 aliphatic heterocycles. The third-order valence-electron chi connectivity index (χ3n) is 2.54. The van der Waals surface area contributed by atoms with Crippen molar-refractivity contribution in [2.45, 2.75) is 60.0 Å². The fourth-order valence-corrected chi connectivity index (χ4v) is 1.64. The number of carbonyl (C=O) groups excluding carboxylic acids is 1. The highest BCUT2D eigenvalue weighted by Crippen LogP contribution is 2.15. The van der Waals surface area contributed by atoms with Crippen molar-refractivity contribution < 1.29 is 14.3 Å². The van der Waals surface area contributed by atoms with Gasteiger partial charge in [0.25, 0.3) is 0 Å². The number of carbonyl (C=O) groups is 1. The molecule has 0 aliphatic rings. The van der Waals surface area contributed by atoms with E-state index >= 15 is 0 Å². The van der Waals surface area contributed by atoms with Crippen molar-refractivity contribution in [1.82, 2.24) is 0 Å². The maximum absolute atomic E-state index is 11.4. The summed E-state index contributed by atoms with van der Waals surface area (Å²) in [5.74, 6) is 0.927. The third kappa shape index (κ3) is 10.3. The van der Waals surface area contributed by atoms with Crippen LogP contribution in [-0.4, -0.2) is 24.8 Å². The van der Waals surface area contributed by atoms with Gasteiger partial charge in [0.05, 0.1) is 0 Å². The van der Waals surface area contributed by atoms with Gasteiger partial charge >= 0.3 is 5.97 Å². The highest BCUT2D eigenvalue weighted by atomic mass is 16.6. The van der Waals surface area contributed by atoms with E-state index < -0.39 is 5.60 Å². The van der Waals surface area contributed by atoms with Gasteiger partial charge in [0.2, 0.25) is 0 Å². The summed E-state index contributed by atoms with van der Waals surface area (Å²) in [6.07, 6.45) is 2.33. The number of esters is 1. The molecule has 0 aromatic heterocycles. The van der Waals surface area contributed by atoms with Crippen molar-refractivity contribution in [3.05, 3.63) is 0 Å². The Balaban J connectivity index is 3.66. The van der Waals surface area contributed by atoms with E-state index in [4.69, 9.17) is 9.47 Å². The second-order valence-corrected chi connectivity index (χ2v) is 5.96. The second-order valence-electron chi connectivity index (χ2n) is 5.96. The smallest absolute Gasteiger partial charge is 0.332 e. The molecule has 17 heavy (non-hydrogen) atoms. The highest BCUT2D eigenvalue weighted by Gasteiger charge is 2.16. The first-order valence-corrected chi connectivity index (χ1v) is 6.54. The van der Waals surface area contributed by atoms with Crippen LogP contribution in [0.5, 0.6) is 0 Å². The molecule has 0 aromatic carbocycles. The zero-order valence-corrected chi connectivity index (χ0v) is 12.2. The molecule has 3 nitrogen and oxygen atoms in total. The topological polar surface area (TPSA) is 35.5 Å². The molecule has 0 N–H and O–H groups in total. The summed E-state index contributed by atoms with van der Waals surface area (Å²) in [6.45, 7) is 12.8. The Hall–Kier alpha value is -0.570. The number of rotatable bonds is 7. The van der Waals surface area contributed by atoms with E-state index in [-0.39, 0.29) is 12.6 Å². The lowest BCUT2D eigenvalue weighted by atomic mass is 9.96. The minimum absolute atomic E-state index is 0.0577. The fraction of sp³-hybridized carbons (Fsp3) is 0.929. The Bertz CT molecular complexity index is 218. The van der Waals surface area contributed by atoms with Crippen LogP contribution in [0.25, 0.3) is 0 Å². The summed E-state index contributed by atoms with van der Waals surface area (Å²) in [6, 6.07) is 0. The van der Waals surface area contributed by atoms with Gasteiger partial charge in [-0.3, -0.25) is 0 Å². The molecule has 0 fully saturated rings. The Kier molecular flexibility index (Phi) is 7.44. The van der Waals surface area contributed by atoms with E-state index in [9.17, 15) is 4.79 Å². The van der Waals surface area contributed by atoms with Crippen LogP contribution < -0.4 is 0 Å². The first-order chi connectivity index (χ1) is 7.74. The van der Waals surface area contributed by atoms with Crippen LogP contribution in [0.15, 0.2) is 0 Å². The lowest BCUT2D eigenvalue weighted by Gasteiger charge is -2.20. The number of hydrogen-bond acceptors (Lipinski definition) is 3. The lowest BCUT2D eigenvalue weighted by Crippen LogP contribution is -2.27. The molecular formula is C14H28O3. The Morgan fingerprint density at radius 1 is 1.18 bits per heavy atom. The van der Waals surface area contributed by atoms with Crippen LogP contribution in [0, 0.1) is 11.8 Å². The molecule has 0 amide bonds. The minimum atomic E-state index is -0.428. The van der Waals surface area contributed by atoms with E-state index in [2.05, 4.69) is 20.8 Å². The predicted molar refractivity (Wildman–Crippen MR) is 69.9 cm³/mol. The quantitative estimate of drug-likeness (QED) is 0.644. The molecule has 0 saturated carbocycles. The predicted octanol–water partition coefficient (Wildman–Crippen LogP) is 3.42. The van der Waals surface area contributed by atoms with Crippen LogP contribution >= 0.6 is 0 Å². The standard InChI is InChI=1S/C14H28O3/c1-7-11(2)8-12(3)9-16-10-13(15)17-14(4,5)6/h11-12H,7-10H2,1-6H3. The van der Waals surface area contributed by atoms with Gasteiger partial charge in [-0.05, 0) is 39.0 Å². The van der Waals surface area contributed by atoms with Crippen LogP contribution in [0.2, 0.25) is 0 Å². The van der Waals surface area contributed by atoms with E-state index in [0.29, 0.717) is 12.5 Å². The lowest BCUT2D eigenvalue weighted by molar-refractivity contribution is -0.160. The van der Waals surface area contributed by atoms with Gasteiger partial charge in [0, 0.05) is 6.61 Å². The average Bonchev–Trinajstić information content (AvgIpc) is 2.14. The van der Waals surface area contributed by atoms with E-state index in [0.717, 1.165) is 12.3 Å². The molecule has 2 atom stereocenters. The molecule has 102 valence electrons. The summed E-state index contributed by atoms with van der Waals surface area (Å²) < 4.78 is 10.5. The van der Waals surface area contributed by atoms with Crippen LogP contribution in [0.4, 0.5) is 0 Å². The normalized spacial score (nSPS) is 15.4. The maximum Gasteiger partial charge on any atom is 0.332 e. The van der Waals surface area contributed by atoms with Gasteiger partial charge < -0.3 is 9.47 Å².